The van der Waals surface area contributed by atoms with Crippen molar-refractivity contribution in [3.05, 3.63) is 40.1 Å². The molecule has 4 heteroatoms. The average Bonchev–Trinajstić information content (AvgIpc) is 2.58. The monoisotopic (exact) mass is 191 g/mol. The highest BCUT2D eigenvalue weighted by atomic mass is 16.6. The number of benzene rings is 1. The minimum Gasteiger partial charge on any atom is -0.461 e. The van der Waals surface area contributed by atoms with Gasteiger partial charge in [0.15, 0.2) is 0 Å². The Balaban J connectivity index is 2.59. The topological polar surface area (TPSA) is 56.3 Å². The molecule has 0 N–H and O–H groups in total. The molecule has 0 amide bonds. The molecular formula is C10H9NO3. The van der Waals surface area contributed by atoms with Crippen LogP contribution in [0.4, 0.5) is 5.69 Å². The van der Waals surface area contributed by atoms with Gasteiger partial charge in [0.25, 0.3) is 5.69 Å². The Morgan fingerprint density at radius 3 is 2.86 bits per heavy atom. The molecule has 0 fully saturated rings. The molecule has 1 aromatic heterocycles. The Hall–Kier alpha value is -1.84. The maximum atomic E-state index is 10.5. The molecule has 0 atom stereocenters. The van der Waals surface area contributed by atoms with Gasteiger partial charge in [-0.3, -0.25) is 10.1 Å². The lowest BCUT2D eigenvalue weighted by Crippen LogP contribution is -1.85. The first-order chi connectivity index (χ1) is 6.70. The van der Waals surface area contributed by atoms with Crippen LogP contribution in [0.2, 0.25) is 0 Å². The molecule has 0 aliphatic carbocycles. The van der Waals surface area contributed by atoms with Gasteiger partial charge in [-0.2, -0.15) is 0 Å². The summed E-state index contributed by atoms with van der Waals surface area (Å²) in [6.45, 7) is 1.98. The van der Waals surface area contributed by atoms with E-state index >= 15 is 0 Å². The molecule has 0 spiro atoms. The molecule has 72 valence electrons. The van der Waals surface area contributed by atoms with Gasteiger partial charge >= 0.3 is 0 Å². The van der Waals surface area contributed by atoms with Crippen molar-refractivity contribution < 1.29 is 9.34 Å². The van der Waals surface area contributed by atoms with Crippen molar-refractivity contribution in [2.45, 2.75) is 13.3 Å². The van der Waals surface area contributed by atoms with Crippen LogP contribution in [0.1, 0.15) is 12.7 Å². The fourth-order valence-electron chi connectivity index (χ4n) is 1.36. The number of aryl methyl sites for hydroxylation is 1. The average molecular weight is 191 g/mol. The molecule has 0 unspecified atom stereocenters. The van der Waals surface area contributed by atoms with Crippen molar-refractivity contribution in [2.24, 2.45) is 0 Å². The summed E-state index contributed by atoms with van der Waals surface area (Å²) >= 11 is 0. The highest BCUT2D eigenvalue weighted by molar-refractivity contribution is 5.80. The largest absolute Gasteiger partial charge is 0.461 e. The first-order valence-electron chi connectivity index (χ1n) is 4.37. The van der Waals surface area contributed by atoms with Gasteiger partial charge in [-0.25, -0.2) is 0 Å². The Bertz CT molecular complexity index is 487. The van der Waals surface area contributed by atoms with Gasteiger partial charge in [-0.1, -0.05) is 6.92 Å². The first kappa shape index (κ1) is 8.74. The zero-order chi connectivity index (χ0) is 10.1. The van der Waals surface area contributed by atoms with Gasteiger partial charge in [0.2, 0.25) is 0 Å². The van der Waals surface area contributed by atoms with Crippen LogP contribution in [0.15, 0.2) is 28.7 Å². The number of nitro groups is 1. The summed E-state index contributed by atoms with van der Waals surface area (Å²) in [5.41, 5.74) is 0.644. The molecule has 0 aliphatic heterocycles. The summed E-state index contributed by atoms with van der Waals surface area (Å²) in [5, 5.41) is 11.4. The van der Waals surface area contributed by atoms with E-state index in [0.717, 1.165) is 17.6 Å². The van der Waals surface area contributed by atoms with Crippen LogP contribution in [0.3, 0.4) is 0 Å². The van der Waals surface area contributed by atoms with E-state index in [1.807, 2.05) is 13.0 Å². The Kier molecular flexibility index (Phi) is 1.96. The minimum atomic E-state index is -0.423. The van der Waals surface area contributed by atoms with Gasteiger partial charge in [0.1, 0.15) is 11.3 Å². The summed E-state index contributed by atoms with van der Waals surface area (Å²) in [6, 6.07) is 6.54. The van der Waals surface area contributed by atoms with Crippen LogP contribution in [0.5, 0.6) is 0 Å². The molecule has 0 aliphatic rings. The van der Waals surface area contributed by atoms with E-state index in [-0.39, 0.29) is 5.69 Å². The van der Waals surface area contributed by atoms with Crippen molar-refractivity contribution in [2.75, 3.05) is 0 Å². The van der Waals surface area contributed by atoms with Gasteiger partial charge < -0.3 is 4.42 Å². The van der Waals surface area contributed by atoms with Gasteiger partial charge in [0, 0.05) is 17.9 Å². The molecule has 0 radical (unpaired) electrons. The fourth-order valence-corrected chi connectivity index (χ4v) is 1.36. The lowest BCUT2D eigenvalue weighted by atomic mass is 10.2. The number of hydrogen-bond donors (Lipinski definition) is 0. The van der Waals surface area contributed by atoms with Crippen molar-refractivity contribution in [1.29, 1.82) is 0 Å². The standard InChI is InChI=1S/C10H9NO3/c1-2-9-5-7-3-4-8(11(12)13)6-10(7)14-9/h3-6H,2H2,1H3. The molecule has 1 heterocycles. The fraction of sp³-hybridized carbons (Fsp3) is 0.200. The predicted octanol–water partition coefficient (Wildman–Crippen LogP) is 2.90. The van der Waals surface area contributed by atoms with E-state index in [9.17, 15) is 10.1 Å². The van der Waals surface area contributed by atoms with Crippen LogP contribution in [0, 0.1) is 10.1 Å². The SMILES string of the molecule is CCc1cc2ccc([N+](=O)[O-])cc2o1. The molecule has 2 rings (SSSR count). The zero-order valence-electron chi connectivity index (χ0n) is 7.69. The van der Waals surface area contributed by atoms with E-state index in [1.54, 1.807) is 6.07 Å². The number of fused-ring (bicyclic) bond motifs is 1. The Labute approximate surface area is 80.3 Å². The van der Waals surface area contributed by atoms with E-state index < -0.39 is 4.92 Å². The smallest absolute Gasteiger partial charge is 0.273 e. The van der Waals surface area contributed by atoms with Crippen molar-refractivity contribution in [3.8, 4) is 0 Å². The van der Waals surface area contributed by atoms with Crippen molar-refractivity contribution in [3.63, 3.8) is 0 Å². The number of non-ortho nitro benzene ring substituents is 1. The lowest BCUT2D eigenvalue weighted by Gasteiger charge is -1.89. The molecule has 4 nitrogen and oxygen atoms in total. The number of rotatable bonds is 2. The molecule has 0 saturated heterocycles. The van der Waals surface area contributed by atoms with Crippen LogP contribution < -0.4 is 0 Å². The maximum Gasteiger partial charge on any atom is 0.273 e. The Morgan fingerprint density at radius 2 is 2.21 bits per heavy atom. The number of nitrogens with zero attached hydrogens (tertiary/aromatic N) is 1. The van der Waals surface area contributed by atoms with E-state index in [2.05, 4.69) is 0 Å². The van der Waals surface area contributed by atoms with Crippen LogP contribution in [0.25, 0.3) is 11.0 Å². The van der Waals surface area contributed by atoms with Gasteiger partial charge in [-0.05, 0) is 12.1 Å². The first-order valence-corrected chi connectivity index (χ1v) is 4.37. The van der Waals surface area contributed by atoms with E-state index in [4.69, 9.17) is 4.42 Å². The quantitative estimate of drug-likeness (QED) is 0.541. The van der Waals surface area contributed by atoms with E-state index in [1.165, 1.54) is 12.1 Å². The second kappa shape index (κ2) is 3.14. The third kappa shape index (κ3) is 1.35. The van der Waals surface area contributed by atoms with Crippen LogP contribution in [-0.2, 0) is 6.42 Å². The number of nitro benzene ring substituents is 1. The predicted molar refractivity (Wildman–Crippen MR) is 52.2 cm³/mol. The van der Waals surface area contributed by atoms with Gasteiger partial charge in [0.05, 0.1) is 11.0 Å². The molecule has 14 heavy (non-hydrogen) atoms. The third-order valence-corrected chi connectivity index (χ3v) is 2.11. The molecule has 1 aromatic carbocycles. The Morgan fingerprint density at radius 1 is 1.43 bits per heavy atom. The lowest BCUT2D eigenvalue weighted by molar-refractivity contribution is -0.384. The van der Waals surface area contributed by atoms with Crippen molar-refractivity contribution >= 4 is 16.7 Å². The highest BCUT2D eigenvalue weighted by Crippen LogP contribution is 2.24. The number of furan rings is 1. The van der Waals surface area contributed by atoms with Gasteiger partial charge in [-0.15, -0.1) is 0 Å². The highest BCUT2D eigenvalue weighted by Gasteiger charge is 2.09. The summed E-state index contributed by atoms with van der Waals surface area (Å²) in [5.74, 6) is 0.848. The molecule has 0 saturated carbocycles. The molecule has 2 aromatic rings. The summed E-state index contributed by atoms with van der Waals surface area (Å²) < 4.78 is 5.40. The van der Waals surface area contributed by atoms with Crippen LogP contribution in [-0.4, -0.2) is 4.92 Å². The maximum absolute atomic E-state index is 10.5. The van der Waals surface area contributed by atoms with Crippen LogP contribution >= 0.6 is 0 Å². The molecule has 0 bridgehead atoms. The summed E-state index contributed by atoms with van der Waals surface area (Å²) in [6.07, 6.45) is 0.794. The normalized spacial score (nSPS) is 10.6. The van der Waals surface area contributed by atoms with E-state index in [0.29, 0.717) is 5.58 Å². The second-order valence-corrected chi connectivity index (χ2v) is 3.05. The zero-order valence-corrected chi connectivity index (χ0v) is 7.69. The summed E-state index contributed by atoms with van der Waals surface area (Å²) in [4.78, 5) is 10.1. The second-order valence-electron chi connectivity index (χ2n) is 3.05. The number of hydrogen-bond acceptors (Lipinski definition) is 3. The molecular weight excluding hydrogens is 182 g/mol. The van der Waals surface area contributed by atoms with Crippen molar-refractivity contribution in [1.82, 2.24) is 0 Å². The minimum absolute atomic E-state index is 0.0644. The summed E-state index contributed by atoms with van der Waals surface area (Å²) in [7, 11) is 0. The third-order valence-electron chi connectivity index (χ3n) is 2.11.